The molecule has 0 bridgehead atoms. The minimum atomic E-state index is -5.06. The third-order valence-electron chi connectivity index (χ3n) is 7.98. The van der Waals surface area contributed by atoms with Gasteiger partial charge in [-0.25, -0.2) is 4.18 Å². The fourth-order valence-corrected chi connectivity index (χ4v) is 5.72. The quantitative estimate of drug-likeness (QED) is 0.0291. The fraction of sp³-hybridized carbons (Fsp3) is 0.757. The molecule has 6 atom stereocenters. The second kappa shape index (κ2) is 29.6. The van der Waals surface area contributed by atoms with Crippen molar-refractivity contribution in [2.75, 3.05) is 26.4 Å². The minimum absolute atomic E-state index is 0.00690. The van der Waals surface area contributed by atoms with E-state index < -0.39 is 59.8 Å². The van der Waals surface area contributed by atoms with Crippen molar-refractivity contribution in [3.8, 4) is 0 Å². The molecule has 1 heterocycles. The van der Waals surface area contributed by atoms with Gasteiger partial charge in [-0.05, 0) is 38.5 Å². The summed E-state index contributed by atoms with van der Waals surface area (Å²) in [6.07, 6.45) is 23.2. The zero-order valence-corrected chi connectivity index (χ0v) is 31.0. The van der Waals surface area contributed by atoms with Crippen LogP contribution in [-0.2, 0) is 38.3 Å². The zero-order valence-electron chi connectivity index (χ0n) is 30.2. The smallest absolute Gasteiger partial charge is 0.397 e. The van der Waals surface area contributed by atoms with Crippen molar-refractivity contribution in [2.45, 2.75) is 153 Å². The molecule has 0 saturated carbocycles. The standard InChI is InChI=1S/C37H64O12S/c1-3-5-7-9-11-13-15-16-17-18-20-22-24-26-33(39)47-31(29-45-27-25-23-21-19-14-12-10-8-6-4-2)30-46-37-35(41)36(49-50(42,43)44)34(40)32(28-38)48-37/h5,7,11,13,16-17,20,22,31-32,34-38,40-41H,3-4,6,8-10,12,14-15,18-19,21,23-30H2,1-2H3,(H,42,43,44)/b7-5-,13-11-,17-16-,22-20-. The van der Waals surface area contributed by atoms with Crippen molar-refractivity contribution in [2.24, 2.45) is 0 Å². The lowest BCUT2D eigenvalue weighted by atomic mass is 9.99. The molecule has 1 aliphatic rings. The van der Waals surface area contributed by atoms with Gasteiger partial charge < -0.3 is 34.3 Å². The molecule has 0 radical (unpaired) electrons. The van der Waals surface area contributed by atoms with E-state index in [1.54, 1.807) is 0 Å². The van der Waals surface area contributed by atoms with Gasteiger partial charge in [0.15, 0.2) is 6.29 Å². The van der Waals surface area contributed by atoms with E-state index in [1.807, 2.05) is 12.2 Å². The first kappa shape index (κ1) is 46.1. The summed E-state index contributed by atoms with van der Waals surface area (Å²) >= 11 is 0. The molecule has 0 aromatic heterocycles. The topological polar surface area (TPSA) is 178 Å². The van der Waals surface area contributed by atoms with Crippen LogP contribution in [0.3, 0.4) is 0 Å². The number of allylic oxidation sites excluding steroid dienone is 8. The first-order valence-electron chi connectivity index (χ1n) is 18.4. The van der Waals surface area contributed by atoms with Crippen LogP contribution < -0.4 is 0 Å². The normalized spacial score (nSPS) is 22.4. The molecule has 1 rings (SSSR count). The summed E-state index contributed by atoms with van der Waals surface area (Å²) in [7, 11) is -5.06. The van der Waals surface area contributed by atoms with E-state index in [0.29, 0.717) is 13.0 Å². The van der Waals surface area contributed by atoms with Gasteiger partial charge in [-0.1, -0.05) is 120 Å². The molecule has 50 heavy (non-hydrogen) atoms. The van der Waals surface area contributed by atoms with Gasteiger partial charge in [0.2, 0.25) is 0 Å². The maximum Gasteiger partial charge on any atom is 0.397 e. The Labute approximate surface area is 300 Å². The number of aliphatic hydroxyl groups excluding tert-OH is 3. The summed E-state index contributed by atoms with van der Waals surface area (Å²) in [6.45, 7) is 3.73. The Balaban J connectivity index is 2.60. The number of carbonyl (C=O) groups is 1. The highest BCUT2D eigenvalue weighted by Crippen LogP contribution is 2.26. The van der Waals surface area contributed by atoms with Gasteiger partial charge in [0, 0.05) is 13.0 Å². The number of esters is 1. The minimum Gasteiger partial charge on any atom is -0.457 e. The van der Waals surface area contributed by atoms with E-state index >= 15 is 0 Å². The molecular formula is C37H64O12S. The van der Waals surface area contributed by atoms with Crippen LogP contribution >= 0.6 is 0 Å². The first-order chi connectivity index (χ1) is 24.1. The Bertz CT molecular complexity index is 1070. The number of hydrogen-bond donors (Lipinski definition) is 4. The second-order valence-electron chi connectivity index (χ2n) is 12.4. The predicted octanol–water partition coefficient (Wildman–Crippen LogP) is 6.06. The molecule has 0 aromatic carbocycles. The molecule has 13 heteroatoms. The average Bonchev–Trinajstić information content (AvgIpc) is 3.08. The predicted molar refractivity (Wildman–Crippen MR) is 193 cm³/mol. The summed E-state index contributed by atoms with van der Waals surface area (Å²) < 4.78 is 58.5. The van der Waals surface area contributed by atoms with Crippen molar-refractivity contribution in [1.29, 1.82) is 0 Å². The number of rotatable bonds is 30. The lowest BCUT2D eigenvalue weighted by Crippen LogP contribution is -2.60. The van der Waals surface area contributed by atoms with E-state index in [9.17, 15) is 28.5 Å². The Hall–Kier alpha value is -1.94. The fourth-order valence-electron chi connectivity index (χ4n) is 5.21. The van der Waals surface area contributed by atoms with Gasteiger partial charge in [-0.3, -0.25) is 9.35 Å². The van der Waals surface area contributed by atoms with Gasteiger partial charge >= 0.3 is 16.4 Å². The van der Waals surface area contributed by atoms with Crippen molar-refractivity contribution >= 4 is 16.4 Å². The zero-order chi connectivity index (χ0) is 36.9. The molecular weight excluding hydrogens is 668 g/mol. The Morgan fingerprint density at radius 2 is 1.34 bits per heavy atom. The van der Waals surface area contributed by atoms with Crippen molar-refractivity contribution in [1.82, 2.24) is 0 Å². The molecule has 0 aromatic rings. The molecule has 1 saturated heterocycles. The van der Waals surface area contributed by atoms with Crippen molar-refractivity contribution in [3.05, 3.63) is 48.6 Å². The van der Waals surface area contributed by atoms with E-state index in [4.69, 9.17) is 23.5 Å². The van der Waals surface area contributed by atoms with E-state index in [-0.39, 0.29) is 19.6 Å². The first-order valence-corrected chi connectivity index (χ1v) is 19.8. The summed E-state index contributed by atoms with van der Waals surface area (Å²) in [5, 5.41) is 30.4. The van der Waals surface area contributed by atoms with Crippen LogP contribution in [0.25, 0.3) is 0 Å². The maximum absolute atomic E-state index is 12.7. The molecule has 290 valence electrons. The number of hydrogen-bond acceptors (Lipinski definition) is 11. The van der Waals surface area contributed by atoms with Gasteiger partial charge in [-0.2, -0.15) is 8.42 Å². The summed E-state index contributed by atoms with van der Waals surface area (Å²) in [4.78, 5) is 12.7. The average molecular weight is 733 g/mol. The van der Waals surface area contributed by atoms with Crippen molar-refractivity contribution < 1.29 is 56.2 Å². The number of unbranched alkanes of at least 4 members (excludes halogenated alkanes) is 9. The van der Waals surface area contributed by atoms with Crippen LogP contribution in [-0.4, -0.2) is 97.5 Å². The summed E-state index contributed by atoms with van der Waals surface area (Å²) in [5.41, 5.74) is 0. The summed E-state index contributed by atoms with van der Waals surface area (Å²) in [6, 6.07) is 0. The second-order valence-corrected chi connectivity index (χ2v) is 13.5. The van der Waals surface area contributed by atoms with Crippen molar-refractivity contribution in [3.63, 3.8) is 0 Å². The monoisotopic (exact) mass is 732 g/mol. The highest BCUT2D eigenvalue weighted by Gasteiger charge is 2.48. The number of aliphatic hydroxyl groups is 3. The summed E-state index contributed by atoms with van der Waals surface area (Å²) in [5.74, 6) is -0.482. The van der Waals surface area contributed by atoms with Gasteiger partial charge in [0.25, 0.3) is 0 Å². The molecule has 12 nitrogen and oxygen atoms in total. The van der Waals surface area contributed by atoms with Crippen LogP contribution in [0.4, 0.5) is 0 Å². The highest BCUT2D eigenvalue weighted by atomic mass is 32.3. The van der Waals surface area contributed by atoms with Crippen LogP contribution in [0.1, 0.15) is 117 Å². The Morgan fingerprint density at radius 3 is 1.90 bits per heavy atom. The van der Waals surface area contributed by atoms with Gasteiger partial charge in [-0.15, -0.1) is 0 Å². The highest BCUT2D eigenvalue weighted by molar-refractivity contribution is 7.80. The maximum atomic E-state index is 12.7. The molecule has 4 N–H and O–H groups in total. The third kappa shape index (κ3) is 23.5. The van der Waals surface area contributed by atoms with Gasteiger partial charge in [0.05, 0.1) is 19.8 Å². The number of ether oxygens (including phenoxy) is 4. The van der Waals surface area contributed by atoms with Crippen LogP contribution in [0.15, 0.2) is 48.6 Å². The molecule has 6 unspecified atom stereocenters. The van der Waals surface area contributed by atoms with E-state index in [0.717, 1.165) is 44.9 Å². The van der Waals surface area contributed by atoms with Crippen LogP contribution in [0.5, 0.6) is 0 Å². The number of carbonyl (C=O) groups excluding carboxylic acids is 1. The largest absolute Gasteiger partial charge is 0.457 e. The molecule has 0 aliphatic carbocycles. The Kier molecular flexibility index (Phi) is 27.3. The lowest BCUT2D eigenvalue weighted by Gasteiger charge is -2.41. The third-order valence-corrected chi connectivity index (χ3v) is 8.44. The molecule has 1 aliphatic heterocycles. The van der Waals surface area contributed by atoms with E-state index in [2.05, 4.69) is 54.5 Å². The molecule has 0 amide bonds. The SMILES string of the molecule is CC/C=C\C/C=C\C/C=C\C/C=C\CCC(=O)OC(COCCCCCCCCCCCC)COC1OC(CO)C(O)C(OS(=O)(=O)O)C1O. The molecule has 0 spiro atoms. The lowest BCUT2D eigenvalue weighted by molar-refractivity contribution is -0.301. The Morgan fingerprint density at radius 1 is 0.780 bits per heavy atom. The van der Waals surface area contributed by atoms with Crippen LogP contribution in [0.2, 0.25) is 0 Å². The van der Waals surface area contributed by atoms with E-state index in [1.165, 1.54) is 44.9 Å². The van der Waals surface area contributed by atoms with Crippen LogP contribution in [0, 0.1) is 0 Å². The van der Waals surface area contributed by atoms with Gasteiger partial charge in [0.1, 0.15) is 30.5 Å². The molecule has 1 fully saturated rings.